The molecule has 1 N–H and O–H groups in total. The van der Waals surface area contributed by atoms with E-state index >= 15 is 0 Å². The molecule has 1 heterocycles. The van der Waals surface area contributed by atoms with Gasteiger partial charge in [0, 0.05) is 38.9 Å². The molecular weight excluding hydrogens is 257 g/mol. The Morgan fingerprint density at radius 3 is 2.60 bits per heavy atom. The average Bonchev–Trinajstić information content (AvgIpc) is 2.43. The molecule has 0 aliphatic carbocycles. The standard InChI is InChI=1S/C15H22FN3O/c1-11-4-5-12(16)10-14(11)17-13-6-8-19(9-7-13)15(20)18(2)3/h4-5,10,13,17H,6-9H2,1-3H3. The first-order valence-electron chi connectivity index (χ1n) is 6.96. The number of amides is 2. The van der Waals surface area contributed by atoms with Crippen LogP contribution in [0.15, 0.2) is 18.2 Å². The molecule has 1 fully saturated rings. The summed E-state index contributed by atoms with van der Waals surface area (Å²) in [6, 6.07) is 5.14. The predicted octanol–water partition coefficient (Wildman–Crippen LogP) is 2.69. The lowest BCUT2D eigenvalue weighted by Crippen LogP contribution is -2.46. The summed E-state index contributed by atoms with van der Waals surface area (Å²) in [5.74, 6) is -0.224. The number of hydrogen-bond donors (Lipinski definition) is 1. The van der Waals surface area contributed by atoms with Gasteiger partial charge in [0.25, 0.3) is 0 Å². The molecule has 0 spiro atoms. The average molecular weight is 279 g/mol. The molecule has 0 aromatic heterocycles. The number of halogens is 1. The van der Waals surface area contributed by atoms with Crippen LogP contribution in [0.25, 0.3) is 0 Å². The van der Waals surface area contributed by atoms with Gasteiger partial charge in [-0.1, -0.05) is 6.07 Å². The first-order chi connectivity index (χ1) is 9.47. The van der Waals surface area contributed by atoms with E-state index in [1.807, 2.05) is 11.8 Å². The highest BCUT2D eigenvalue weighted by Crippen LogP contribution is 2.21. The quantitative estimate of drug-likeness (QED) is 0.903. The van der Waals surface area contributed by atoms with Crippen LogP contribution in [0.5, 0.6) is 0 Å². The minimum atomic E-state index is -0.224. The van der Waals surface area contributed by atoms with Crippen LogP contribution < -0.4 is 5.32 Å². The lowest BCUT2D eigenvalue weighted by molar-refractivity contribution is 0.158. The highest BCUT2D eigenvalue weighted by atomic mass is 19.1. The van der Waals surface area contributed by atoms with Crippen LogP contribution in [-0.4, -0.2) is 49.1 Å². The number of urea groups is 1. The minimum Gasteiger partial charge on any atom is -0.382 e. The van der Waals surface area contributed by atoms with Crippen LogP contribution in [0.3, 0.4) is 0 Å². The second-order valence-corrected chi connectivity index (χ2v) is 5.54. The molecular formula is C15H22FN3O. The molecule has 5 heteroatoms. The van der Waals surface area contributed by atoms with Gasteiger partial charge in [-0.05, 0) is 37.5 Å². The van der Waals surface area contributed by atoms with Crippen molar-refractivity contribution in [2.45, 2.75) is 25.8 Å². The number of aryl methyl sites for hydroxylation is 1. The van der Waals surface area contributed by atoms with E-state index in [2.05, 4.69) is 5.32 Å². The molecule has 110 valence electrons. The topological polar surface area (TPSA) is 35.6 Å². The number of likely N-dealkylation sites (tertiary alicyclic amines) is 1. The molecule has 0 radical (unpaired) electrons. The number of rotatable bonds is 2. The zero-order valence-corrected chi connectivity index (χ0v) is 12.3. The third-order valence-electron chi connectivity index (χ3n) is 3.71. The van der Waals surface area contributed by atoms with E-state index in [9.17, 15) is 9.18 Å². The van der Waals surface area contributed by atoms with Gasteiger partial charge < -0.3 is 15.1 Å². The van der Waals surface area contributed by atoms with Gasteiger partial charge in [0.15, 0.2) is 0 Å². The van der Waals surface area contributed by atoms with E-state index in [0.29, 0.717) is 6.04 Å². The highest BCUT2D eigenvalue weighted by molar-refractivity contribution is 5.73. The fourth-order valence-corrected chi connectivity index (χ4v) is 2.47. The van der Waals surface area contributed by atoms with Crippen molar-refractivity contribution < 1.29 is 9.18 Å². The lowest BCUT2D eigenvalue weighted by Gasteiger charge is -2.34. The molecule has 1 aliphatic rings. The molecule has 0 atom stereocenters. The van der Waals surface area contributed by atoms with E-state index in [0.717, 1.165) is 37.2 Å². The summed E-state index contributed by atoms with van der Waals surface area (Å²) in [5, 5.41) is 3.39. The fourth-order valence-electron chi connectivity index (χ4n) is 2.47. The SMILES string of the molecule is Cc1ccc(F)cc1NC1CCN(C(=O)N(C)C)CC1. The Morgan fingerprint density at radius 2 is 2.00 bits per heavy atom. The Labute approximate surface area is 119 Å². The lowest BCUT2D eigenvalue weighted by atomic mass is 10.0. The maximum atomic E-state index is 13.3. The number of hydrogen-bond acceptors (Lipinski definition) is 2. The smallest absolute Gasteiger partial charge is 0.319 e. The van der Waals surface area contributed by atoms with Crippen molar-refractivity contribution in [2.24, 2.45) is 0 Å². The van der Waals surface area contributed by atoms with Gasteiger partial charge in [-0.15, -0.1) is 0 Å². The molecule has 0 unspecified atom stereocenters. The van der Waals surface area contributed by atoms with E-state index < -0.39 is 0 Å². The molecule has 4 nitrogen and oxygen atoms in total. The maximum absolute atomic E-state index is 13.3. The zero-order valence-electron chi connectivity index (χ0n) is 12.3. The van der Waals surface area contributed by atoms with Crippen molar-refractivity contribution in [3.05, 3.63) is 29.6 Å². The second kappa shape index (κ2) is 6.11. The van der Waals surface area contributed by atoms with E-state index in [-0.39, 0.29) is 11.8 Å². The summed E-state index contributed by atoms with van der Waals surface area (Å²) in [5.41, 5.74) is 1.89. The summed E-state index contributed by atoms with van der Waals surface area (Å²) < 4.78 is 13.3. The number of nitrogens with one attached hydrogen (secondary N) is 1. The third kappa shape index (κ3) is 3.40. The van der Waals surface area contributed by atoms with Crippen molar-refractivity contribution in [1.29, 1.82) is 0 Å². The van der Waals surface area contributed by atoms with Gasteiger partial charge in [0.2, 0.25) is 0 Å². The van der Waals surface area contributed by atoms with Crippen molar-refractivity contribution in [2.75, 3.05) is 32.5 Å². The van der Waals surface area contributed by atoms with E-state index in [1.165, 1.54) is 12.1 Å². The van der Waals surface area contributed by atoms with Crippen LogP contribution in [0.2, 0.25) is 0 Å². The number of anilines is 1. The third-order valence-corrected chi connectivity index (χ3v) is 3.71. The molecule has 2 rings (SSSR count). The Kier molecular flexibility index (Phi) is 4.47. The number of piperidine rings is 1. The monoisotopic (exact) mass is 279 g/mol. The number of carbonyl (C=O) groups excluding carboxylic acids is 1. The Morgan fingerprint density at radius 1 is 1.35 bits per heavy atom. The molecule has 1 aliphatic heterocycles. The Hall–Kier alpha value is -1.78. The summed E-state index contributed by atoms with van der Waals surface area (Å²) in [4.78, 5) is 15.3. The Balaban J connectivity index is 1.91. The van der Waals surface area contributed by atoms with Crippen molar-refractivity contribution in [3.8, 4) is 0 Å². The normalized spacial score (nSPS) is 16.1. The maximum Gasteiger partial charge on any atom is 0.319 e. The summed E-state index contributed by atoms with van der Waals surface area (Å²) in [7, 11) is 3.53. The number of benzene rings is 1. The molecule has 1 aromatic rings. The van der Waals surface area contributed by atoms with Crippen LogP contribution in [0.1, 0.15) is 18.4 Å². The number of nitrogens with zero attached hydrogens (tertiary/aromatic N) is 2. The molecule has 2 amide bonds. The van der Waals surface area contributed by atoms with Gasteiger partial charge in [-0.3, -0.25) is 0 Å². The molecule has 1 aromatic carbocycles. The highest BCUT2D eigenvalue weighted by Gasteiger charge is 2.23. The van der Waals surface area contributed by atoms with Gasteiger partial charge >= 0.3 is 6.03 Å². The first kappa shape index (κ1) is 14.6. The minimum absolute atomic E-state index is 0.0605. The van der Waals surface area contributed by atoms with Crippen molar-refractivity contribution >= 4 is 11.7 Å². The van der Waals surface area contributed by atoms with Crippen LogP contribution in [-0.2, 0) is 0 Å². The zero-order chi connectivity index (χ0) is 14.7. The largest absolute Gasteiger partial charge is 0.382 e. The summed E-state index contributed by atoms with van der Waals surface area (Å²) in [6.45, 7) is 3.44. The number of carbonyl (C=O) groups is 1. The van der Waals surface area contributed by atoms with Gasteiger partial charge in [0.05, 0.1) is 0 Å². The van der Waals surface area contributed by atoms with Crippen LogP contribution in [0.4, 0.5) is 14.9 Å². The summed E-state index contributed by atoms with van der Waals surface area (Å²) in [6.07, 6.45) is 1.77. The summed E-state index contributed by atoms with van der Waals surface area (Å²) >= 11 is 0. The van der Waals surface area contributed by atoms with Crippen LogP contribution >= 0.6 is 0 Å². The Bertz CT molecular complexity index is 482. The van der Waals surface area contributed by atoms with E-state index in [4.69, 9.17) is 0 Å². The molecule has 0 saturated carbocycles. The molecule has 20 heavy (non-hydrogen) atoms. The van der Waals surface area contributed by atoms with Gasteiger partial charge in [-0.2, -0.15) is 0 Å². The molecule has 0 bridgehead atoms. The van der Waals surface area contributed by atoms with E-state index in [1.54, 1.807) is 25.1 Å². The van der Waals surface area contributed by atoms with Crippen molar-refractivity contribution in [1.82, 2.24) is 9.80 Å². The van der Waals surface area contributed by atoms with Gasteiger partial charge in [0.1, 0.15) is 5.82 Å². The van der Waals surface area contributed by atoms with Gasteiger partial charge in [-0.25, -0.2) is 9.18 Å². The molecule has 1 saturated heterocycles. The van der Waals surface area contributed by atoms with Crippen molar-refractivity contribution in [3.63, 3.8) is 0 Å². The first-order valence-corrected chi connectivity index (χ1v) is 6.96. The van der Waals surface area contributed by atoms with Crippen LogP contribution in [0, 0.1) is 12.7 Å². The second-order valence-electron chi connectivity index (χ2n) is 5.54. The predicted molar refractivity (Wildman–Crippen MR) is 78.4 cm³/mol. The fraction of sp³-hybridized carbons (Fsp3) is 0.533.